The molecule has 0 amide bonds. The van der Waals surface area contributed by atoms with Gasteiger partial charge in [0.1, 0.15) is 0 Å². The average Bonchev–Trinajstić information content (AvgIpc) is 3.15. The van der Waals surface area contributed by atoms with Crippen LogP contribution in [0.4, 0.5) is 0 Å². The molecule has 0 saturated heterocycles. The SMILES string of the molecule is C1CCCC1.[C-]#CC[C@H]1CCCC[C@@H]1O.[C-]#[O+].[C-]#[O+].[C-]#[O+].[W+2]. The van der Waals surface area contributed by atoms with E-state index in [1.54, 1.807) is 0 Å². The molecule has 0 aromatic rings. The van der Waals surface area contributed by atoms with Gasteiger partial charge in [-0.1, -0.05) is 44.9 Å². The maximum absolute atomic E-state index is 9.38. The van der Waals surface area contributed by atoms with Crippen LogP contribution < -0.4 is 0 Å². The van der Waals surface area contributed by atoms with Crippen LogP contribution in [0.25, 0.3) is 0 Å². The molecule has 2 saturated carbocycles. The van der Waals surface area contributed by atoms with Crippen molar-refractivity contribution in [3.63, 3.8) is 0 Å². The van der Waals surface area contributed by atoms with Crippen LogP contribution in [0.5, 0.6) is 0 Å². The fraction of sp³-hybridized carbons (Fsp3) is 0.706. The second-order valence-electron chi connectivity index (χ2n) is 4.76. The Labute approximate surface area is 148 Å². The molecule has 0 spiro atoms. The summed E-state index contributed by atoms with van der Waals surface area (Å²) >= 11 is 0. The van der Waals surface area contributed by atoms with E-state index in [2.05, 4.69) is 25.9 Å². The molecule has 4 nitrogen and oxygen atoms in total. The van der Waals surface area contributed by atoms with Crippen molar-refractivity contribution in [2.75, 3.05) is 0 Å². The fourth-order valence-electron chi connectivity index (χ4n) is 2.44. The largest absolute Gasteiger partial charge is 2.00 e. The van der Waals surface area contributed by atoms with E-state index in [9.17, 15) is 5.11 Å². The average molecular weight is 475 g/mol. The molecule has 0 bridgehead atoms. The van der Waals surface area contributed by atoms with Crippen LogP contribution in [-0.2, 0) is 35.0 Å². The van der Waals surface area contributed by atoms with Crippen molar-refractivity contribution in [1.29, 1.82) is 0 Å². The Bertz CT molecular complexity index is 278. The zero-order chi connectivity index (χ0) is 16.9. The van der Waals surface area contributed by atoms with Crippen molar-refractivity contribution < 1.29 is 40.1 Å². The molecule has 0 aliphatic heterocycles. The molecule has 0 aromatic heterocycles. The standard InChI is InChI=1S/C9H13O.C5H10.3CO.W/c1-2-5-8-6-3-4-7-9(8)10;1-2-4-5-3-1;3*1-2;/h8-10H,3-7H2;1-5H2;;;;/q-1;;;;;+2/t8-,9-;;;;;/m0...../s1. The van der Waals surface area contributed by atoms with Crippen molar-refractivity contribution in [2.24, 2.45) is 5.92 Å². The summed E-state index contributed by atoms with van der Waals surface area (Å²) in [6.45, 7) is 13.5. The van der Waals surface area contributed by atoms with Crippen molar-refractivity contribution >= 4 is 0 Å². The predicted octanol–water partition coefficient (Wildman–Crippen LogP) is 3.35. The van der Waals surface area contributed by atoms with Crippen molar-refractivity contribution in [1.82, 2.24) is 0 Å². The molecule has 2 atom stereocenters. The van der Waals surface area contributed by atoms with Crippen molar-refractivity contribution in [3.05, 3.63) is 26.4 Å². The minimum atomic E-state index is -0.161. The second-order valence-corrected chi connectivity index (χ2v) is 4.76. The third-order valence-corrected chi connectivity index (χ3v) is 3.48. The van der Waals surface area contributed by atoms with Gasteiger partial charge in [0.25, 0.3) is 0 Å². The molecule has 0 aromatic carbocycles. The molecule has 2 aliphatic carbocycles. The van der Waals surface area contributed by atoms with Gasteiger partial charge in [-0.15, -0.1) is 0 Å². The van der Waals surface area contributed by atoms with E-state index in [1.807, 2.05) is 0 Å². The molecule has 22 heavy (non-hydrogen) atoms. The Hall–Kier alpha value is -0.572. The molecular formula is C17H23O4W+. The van der Waals surface area contributed by atoms with Crippen molar-refractivity contribution in [2.45, 2.75) is 70.3 Å². The van der Waals surface area contributed by atoms with E-state index in [-0.39, 0.29) is 27.2 Å². The smallest absolute Gasteiger partial charge is 2.00 e. The molecular weight excluding hydrogens is 452 g/mol. The first-order valence-electron chi connectivity index (χ1n) is 7.03. The zero-order valence-corrected chi connectivity index (χ0v) is 15.7. The van der Waals surface area contributed by atoms with Gasteiger partial charge in [0.15, 0.2) is 0 Å². The molecule has 0 unspecified atom stereocenters. The van der Waals surface area contributed by atoms with Crippen LogP contribution in [0.3, 0.4) is 0 Å². The molecule has 2 fully saturated rings. The molecule has 1 N–H and O–H groups in total. The monoisotopic (exact) mass is 475 g/mol. The van der Waals surface area contributed by atoms with Crippen LogP contribution in [-0.4, -0.2) is 11.2 Å². The summed E-state index contributed by atoms with van der Waals surface area (Å²) in [5, 5.41) is 9.38. The topological polar surface area (TPSA) is 79.9 Å². The first-order chi connectivity index (χ1) is 10.3. The van der Waals surface area contributed by atoms with Gasteiger partial charge in [0.2, 0.25) is 0 Å². The van der Waals surface area contributed by atoms with Gasteiger partial charge in [0, 0.05) is 0 Å². The van der Waals surface area contributed by atoms with Gasteiger partial charge in [-0.2, -0.15) is 0 Å². The number of rotatable bonds is 1. The molecule has 2 rings (SSSR count). The summed E-state index contributed by atoms with van der Waals surface area (Å²) in [6.07, 6.45) is 19.1. The molecule has 2 aliphatic rings. The first-order valence-corrected chi connectivity index (χ1v) is 7.03. The first kappa shape index (κ1) is 29.4. The zero-order valence-electron chi connectivity index (χ0n) is 12.8. The number of hydrogen-bond donors (Lipinski definition) is 1. The van der Waals surface area contributed by atoms with E-state index < -0.39 is 0 Å². The van der Waals surface area contributed by atoms with Crippen LogP contribution in [0.15, 0.2) is 0 Å². The number of hydrogen-bond acceptors (Lipinski definition) is 1. The Kier molecular flexibility index (Phi) is 38.2. The predicted molar refractivity (Wildman–Crippen MR) is 74.6 cm³/mol. The van der Waals surface area contributed by atoms with Crippen LogP contribution in [0.2, 0.25) is 0 Å². The summed E-state index contributed by atoms with van der Waals surface area (Å²) in [5.74, 6) is 2.68. The van der Waals surface area contributed by atoms with Gasteiger partial charge >= 0.3 is 55.0 Å². The van der Waals surface area contributed by atoms with Crippen LogP contribution in [0, 0.1) is 38.2 Å². The molecule has 120 valence electrons. The van der Waals surface area contributed by atoms with Gasteiger partial charge in [-0.3, -0.25) is 0 Å². The maximum Gasteiger partial charge on any atom is 2.00 e. The summed E-state index contributed by atoms with van der Waals surface area (Å²) in [4.78, 5) is 0. The van der Waals surface area contributed by atoms with E-state index >= 15 is 0 Å². The number of aliphatic hydroxyl groups excluding tert-OH is 1. The van der Waals surface area contributed by atoms with Gasteiger partial charge in [0.05, 0.1) is 6.10 Å². The third-order valence-electron chi connectivity index (χ3n) is 3.48. The Morgan fingerprint density at radius 1 is 0.773 bits per heavy atom. The van der Waals surface area contributed by atoms with E-state index in [0.29, 0.717) is 12.3 Å². The molecule has 0 heterocycles. The van der Waals surface area contributed by atoms with Gasteiger partial charge in [-0.25, -0.2) is 0 Å². The minimum Gasteiger partial charge on any atom is 2.00 e. The minimum absolute atomic E-state index is 0. The van der Waals surface area contributed by atoms with Gasteiger partial charge < -0.3 is 17.5 Å². The fourth-order valence-corrected chi connectivity index (χ4v) is 2.44. The van der Waals surface area contributed by atoms with Crippen LogP contribution >= 0.6 is 0 Å². The summed E-state index contributed by atoms with van der Waals surface area (Å²) in [5.41, 5.74) is 0. The Balaban J connectivity index is -0.000000115. The molecule has 5 heteroatoms. The summed E-state index contributed by atoms with van der Waals surface area (Å²) in [6, 6.07) is 0. The maximum atomic E-state index is 9.38. The summed E-state index contributed by atoms with van der Waals surface area (Å²) < 4.78 is 22.5. The number of aliphatic hydroxyl groups is 1. The Morgan fingerprint density at radius 2 is 1.14 bits per heavy atom. The second kappa shape index (κ2) is 28.6. The van der Waals surface area contributed by atoms with E-state index in [0.717, 1.165) is 19.3 Å². The van der Waals surface area contributed by atoms with E-state index in [4.69, 9.17) is 20.4 Å². The summed E-state index contributed by atoms with van der Waals surface area (Å²) in [7, 11) is 0. The van der Waals surface area contributed by atoms with Gasteiger partial charge in [-0.05, 0) is 25.2 Å². The van der Waals surface area contributed by atoms with Crippen molar-refractivity contribution in [3.8, 4) is 5.92 Å². The van der Waals surface area contributed by atoms with E-state index in [1.165, 1.54) is 38.5 Å². The normalized spacial score (nSPS) is 20.8. The third kappa shape index (κ3) is 19.4. The Morgan fingerprint density at radius 3 is 1.45 bits per heavy atom. The quantitative estimate of drug-likeness (QED) is 0.353. The molecule has 0 radical (unpaired) electrons. The van der Waals surface area contributed by atoms with Crippen LogP contribution in [0.1, 0.15) is 64.2 Å².